The van der Waals surface area contributed by atoms with Crippen LogP contribution in [0, 0.1) is 6.57 Å². The maximum Gasteiger partial charge on any atom is 0.201 e. The van der Waals surface area contributed by atoms with Crippen molar-refractivity contribution < 1.29 is 4.79 Å². The van der Waals surface area contributed by atoms with Gasteiger partial charge in [0.15, 0.2) is 5.78 Å². The Kier molecular flexibility index (Phi) is 1.93. The van der Waals surface area contributed by atoms with E-state index in [9.17, 15) is 4.79 Å². The highest BCUT2D eigenvalue weighted by Crippen LogP contribution is 2.35. The van der Waals surface area contributed by atoms with E-state index in [1.165, 1.54) is 0 Å². The highest BCUT2D eigenvalue weighted by Gasteiger charge is 2.22. The number of hydrogen-bond acceptors (Lipinski definition) is 1. The summed E-state index contributed by atoms with van der Waals surface area (Å²) in [5.74, 6) is 0.187. The summed E-state index contributed by atoms with van der Waals surface area (Å²) in [5.41, 5.74) is 2.37. The van der Waals surface area contributed by atoms with Crippen molar-refractivity contribution in [1.82, 2.24) is 0 Å². The van der Waals surface area contributed by atoms with Gasteiger partial charge in [-0.05, 0) is 12.0 Å². The molecule has 0 N–H and O–H groups in total. The Hall–Kier alpha value is -1.14. The molecule has 0 fully saturated rings. The van der Waals surface area contributed by atoms with E-state index in [0.717, 1.165) is 22.0 Å². The first-order valence-electron chi connectivity index (χ1n) is 3.96. The molecular weight excluding hydrogens is 230 g/mol. The summed E-state index contributed by atoms with van der Waals surface area (Å²) in [7, 11) is 0. The van der Waals surface area contributed by atoms with E-state index in [0.29, 0.717) is 12.1 Å². The van der Waals surface area contributed by atoms with Crippen LogP contribution in [-0.2, 0) is 6.42 Å². The summed E-state index contributed by atoms with van der Waals surface area (Å²) in [6.07, 6.45) is 1.34. The molecule has 64 valence electrons. The minimum atomic E-state index is 0.187. The number of Topliss-reactive ketones (excluding diaryl/α,β-unsaturated/α-hetero) is 1. The van der Waals surface area contributed by atoms with Crippen LogP contribution in [0.3, 0.4) is 0 Å². The molecule has 0 unspecified atom stereocenters. The Morgan fingerprint density at radius 1 is 1.38 bits per heavy atom. The molecule has 0 saturated carbocycles. The maximum atomic E-state index is 11.3. The lowest BCUT2D eigenvalue weighted by Gasteiger charge is -2.02. The largest absolute Gasteiger partial charge is 0.294 e. The topological polar surface area (TPSA) is 21.4 Å². The minimum absolute atomic E-state index is 0.187. The lowest BCUT2D eigenvalue weighted by Crippen LogP contribution is -1.90. The summed E-state index contributed by atoms with van der Waals surface area (Å²) in [5, 5.41) is 0. The average Bonchev–Trinajstić information content (AvgIpc) is 2.50. The van der Waals surface area contributed by atoms with Gasteiger partial charge < -0.3 is 0 Å². The molecular formula is C10H6BrNO. The molecule has 0 atom stereocenters. The molecule has 0 saturated heterocycles. The molecule has 1 aromatic rings. The number of carbonyl (C=O) groups is 1. The van der Waals surface area contributed by atoms with E-state index in [-0.39, 0.29) is 5.78 Å². The second-order valence-electron chi connectivity index (χ2n) is 2.96. The number of halogens is 1. The Labute approximate surface area is 84.5 Å². The molecule has 0 bridgehead atoms. The first kappa shape index (κ1) is 8.46. The highest BCUT2D eigenvalue weighted by atomic mass is 79.9. The quantitative estimate of drug-likeness (QED) is 0.634. The molecule has 1 aromatic carbocycles. The number of fused-ring (bicyclic) bond motifs is 1. The average molecular weight is 236 g/mol. The number of ketones is 1. The number of rotatable bonds is 0. The third-order valence-electron chi connectivity index (χ3n) is 2.25. The predicted molar refractivity (Wildman–Crippen MR) is 53.1 cm³/mol. The fraction of sp³-hybridized carbons (Fsp3) is 0.200. The second-order valence-corrected chi connectivity index (χ2v) is 3.75. The predicted octanol–water partition coefficient (Wildman–Crippen LogP) is 3.13. The Balaban J connectivity index is 2.68. The fourth-order valence-corrected chi connectivity index (χ4v) is 2.21. The van der Waals surface area contributed by atoms with Gasteiger partial charge in [0.05, 0.1) is 6.57 Å². The molecule has 1 aliphatic carbocycles. The Bertz CT molecular complexity index is 431. The third kappa shape index (κ3) is 1.18. The van der Waals surface area contributed by atoms with Gasteiger partial charge >= 0.3 is 0 Å². The van der Waals surface area contributed by atoms with Crippen LogP contribution >= 0.6 is 15.9 Å². The smallest absolute Gasteiger partial charge is 0.201 e. The van der Waals surface area contributed by atoms with Crippen molar-refractivity contribution in [1.29, 1.82) is 0 Å². The molecule has 13 heavy (non-hydrogen) atoms. The molecule has 3 heteroatoms. The molecule has 2 rings (SSSR count). The van der Waals surface area contributed by atoms with Crippen molar-refractivity contribution in [3.05, 3.63) is 39.1 Å². The van der Waals surface area contributed by atoms with Crippen molar-refractivity contribution in [2.45, 2.75) is 12.8 Å². The van der Waals surface area contributed by atoms with E-state index in [2.05, 4.69) is 20.8 Å². The van der Waals surface area contributed by atoms with Gasteiger partial charge in [-0.25, -0.2) is 4.85 Å². The van der Waals surface area contributed by atoms with Crippen molar-refractivity contribution in [3.8, 4) is 0 Å². The number of carbonyl (C=O) groups excluding carboxylic acids is 1. The molecule has 0 heterocycles. The van der Waals surface area contributed by atoms with Crippen LogP contribution in [-0.4, -0.2) is 5.78 Å². The van der Waals surface area contributed by atoms with Crippen LogP contribution < -0.4 is 0 Å². The molecule has 0 amide bonds. The first-order chi connectivity index (χ1) is 6.24. The van der Waals surface area contributed by atoms with Gasteiger partial charge in [0, 0.05) is 16.5 Å². The van der Waals surface area contributed by atoms with Gasteiger partial charge in [0.1, 0.15) is 0 Å². The van der Waals surface area contributed by atoms with Gasteiger partial charge in [-0.15, -0.1) is 0 Å². The maximum absolute atomic E-state index is 11.3. The van der Waals surface area contributed by atoms with Crippen molar-refractivity contribution in [3.63, 3.8) is 0 Å². The molecule has 0 radical (unpaired) electrons. The van der Waals surface area contributed by atoms with Gasteiger partial charge in [-0.3, -0.25) is 4.79 Å². The van der Waals surface area contributed by atoms with Crippen molar-refractivity contribution in [2.24, 2.45) is 0 Å². The van der Waals surface area contributed by atoms with Crippen LogP contribution in [0.25, 0.3) is 4.85 Å². The molecule has 2 nitrogen and oxygen atoms in total. The summed E-state index contributed by atoms with van der Waals surface area (Å²) in [6.45, 7) is 6.91. The van der Waals surface area contributed by atoms with Gasteiger partial charge in [0.2, 0.25) is 5.69 Å². The number of benzene rings is 1. The molecule has 1 aliphatic rings. The number of hydrogen-bond donors (Lipinski definition) is 0. The fourth-order valence-electron chi connectivity index (χ4n) is 1.57. The minimum Gasteiger partial charge on any atom is -0.294 e. The van der Waals surface area contributed by atoms with E-state index in [1.807, 2.05) is 0 Å². The summed E-state index contributed by atoms with van der Waals surface area (Å²) >= 11 is 3.35. The third-order valence-corrected chi connectivity index (χ3v) is 3.13. The highest BCUT2D eigenvalue weighted by molar-refractivity contribution is 9.10. The Morgan fingerprint density at radius 2 is 2.15 bits per heavy atom. The van der Waals surface area contributed by atoms with Crippen molar-refractivity contribution >= 4 is 27.4 Å². The van der Waals surface area contributed by atoms with E-state index < -0.39 is 0 Å². The Morgan fingerprint density at radius 3 is 2.85 bits per heavy atom. The molecule has 0 aliphatic heterocycles. The van der Waals surface area contributed by atoms with E-state index in [1.54, 1.807) is 12.1 Å². The normalized spacial score (nSPS) is 14.0. The van der Waals surface area contributed by atoms with Crippen LogP contribution in [0.15, 0.2) is 16.6 Å². The van der Waals surface area contributed by atoms with Crippen LogP contribution in [0.4, 0.5) is 5.69 Å². The monoisotopic (exact) mass is 235 g/mol. The number of nitrogens with zero attached hydrogens (tertiary/aromatic N) is 1. The lowest BCUT2D eigenvalue weighted by molar-refractivity contribution is 0.0994. The zero-order valence-corrected chi connectivity index (χ0v) is 8.39. The zero-order chi connectivity index (χ0) is 9.42. The lowest BCUT2D eigenvalue weighted by atomic mass is 10.1. The molecule has 0 aromatic heterocycles. The van der Waals surface area contributed by atoms with Crippen LogP contribution in [0.2, 0.25) is 0 Å². The zero-order valence-electron chi connectivity index (χ0n) is 6.80. The first-order valence-corrected chi connectivity index (χ1v) is 4.75. The van der Waals surface area contributed by atoms with Gasteiger partial charge in [0.25, 0.3) is 0 Å². The summed E-state index contributed by atoms with van der Waals surface area (Å²) in [6, 6.07) is 3.45. The van der Waals surface area contributed by atoms with Crippen LogP contribution in [0.1, 0.15) is 22.3 Å². The van der Waals surface area contributed by atoms with Gasteiger partial charge in [-0.1, -0.05) is 28.1 Å². The van der Waals surface area contributed by atoms with E-state index >= 15 is 0 Å². The van der Waals surface area contributed by atoms with Crippen LogP contribution in [0.5, 0.6) is 0 Å². The summed E-state index contributed by atoms with van der Waals surface area (Å²) in [4.78, 5) is 14.7. The molecule has 0 spiro atoms. The van der Waals surface area contributed by atoms with Gasteiger partial charge in [-0.2, -0.15) is 0 Å². The second kappa shape index (κ2) is 2.97. The SMILES string of the molecule is [C-]#[N+]c1ccc2c(c1Br)CCC2=O. The van der Waals surface area contributed by atoms with Crippen molar-refractivity contribution in [2.75, 3.05) is 0 Å². The van der Waals surface area contributed by atoms with E-state index in [4.69, 9.17) is 6.57 Å². The summed E-state index contributed by atoms with van der Waals surface area (Å²) < 4.78 is 0.797. The standard InChI is InChI=1S/C10H6BrNO/c1-12-8-4-2-6-7(10(8)11)3-5-9(6)13/h2,4H,3,5H2.